The molecule has 1 aliphatic heterocycles. The summed E-state index contributed by atoms with van der Waals surface area (Å²) in [6.07, 6.45) is 3.79. The predicted molar refractivity (Wildman–Crippen MR) is 118 cm³/mol. The minimum absolute atomic E-state index is 0.0895. The van der Waals surface area contributed by atoms with Gasteiger partial charge in [-0.05, 0) is 56.6 Å². The van der Waals surface area contributed by atoms with Crippen molar-refractivity contribution in [3.05, 3.63) is 47.1 Å². The van der Waals surface area contributed by atoms with E-state index < -0.39 is 0 Å². The first-order chi connectivity index (χ1) is 14.4. The normalized spacial score (nSPS) is 16.0. The largest absolute Gasteiger partial charge is 0.351 e. The highest BCUT2D eigenvalue weighted by Gasteiger charge is 2.27. The number of hydrogen-bond acceptors (Lipinski definition) is 6. The van der Waals surface area contributed by atoms with Gasteiger partial charge in [0.05, 0.1) is 13.1 Å². The quantitative estimate of drug-likeness (QED) is 0.666. The molecule has 0 bridgehead atoms. The smallest absolute Gasteiger partial charge is 0.243 e. The Labute approximate surface area is 181 Å². The van der Waals surface area contributed by atoms with Gasteiger partial charge in [0.15, 0.2) is 5.82 Å². The van der Waals surface area contributed by atoms with Crippen LogP contribution in [0.15, 0.2) is 36.5 Å². The first-order valence-corrected chi connectivity index (χ1v) is 10.4. The topological polar surface area (TPSA) is 90.5 Å². The van der Waals surface area contributed by atoms with E-state index in [9.17, 15) is 9.59 Å². The molecule has 1 saturated heterocycles. The summed E-state index contributed by atoms with van der Waals surface area (Å²) < 4.78 is 0. The van der Waals surface area contributed by atoms with Crippen molar-refractivity contribution in [2.45, 2.75) is 25.8 Å². The molecule has 3 rings (SSSR count). The van der Waals surface area contributed by atoms with Crippen LogP contribution in [0.3, 0.4) is 0 Å². The first-order valence-electron chi connectivity index (χ1n) is 9.98. The maximum atomic E-state index is 12.3. The lowest BCUT2D eigenvalue weighted by Gasteiger charge is -2.28. The molecule has 2 N–H and O–H groups in total. The Morgan fingerprint density at radius 3 is 2.87 bits per heavy atom. The van der Waals surface area contributed by atoms with Gasteiger partial charge in [-0.2, -0.15) is 5.10 Å². The molecular weight excluding hydrogens is 404 g/mol. The number of hydrogen-bond donors (Lipinski definition) is 2. The van der Waals surface area contributed by atoms with Crippen molar-refractivity contribution in [1.29, 1.82) is 0 Å². The first kappa shape index (κ1) is 22.0. The molecule has 2 amide bonds. The highest BCUT2D eigenvalue weighted by Crippen LogP contribution is 2.24. The Morgan fingerprint density at radius 1 is 1.27 bits per heavy atom. The van der Waals surface area contributed by atoms with Crippen LogP contribution in [0, 0.1) is 6.92 Å². The summed E-state index contributed by atoms with van der Waals surface area (Å²) in [5.74, 6) is 0.381. The number of rotatable bonds is 8. The zero-order chi connectivity index (χ0) is 21.5. The number of likely N-dealkylation sites (N-methyl/N-ethyl adjacent to an activating group) is 1. The molecule has 1 aromatic carbocycles. The van der Waals surface area contributed by atoms with Gasteiger partial charge in [-0.15, -0.1) is 5.10 Å². The summed E-state index contributed by atoms with van der Waals surface area (Å²) in [4.78, 5) is 28.6. The molecule has 0 aliphatic carbocycles. The summed E-state index contributed by atoms with van der Waals surface area (Å²) in [5, 5.41) is 14.2. The lowest BCUT2D eigenvalue weighted by Crippen LogP contribution is -2.44. The minimum Gasteiger partial charge on any atom is -0.351 e. The fraction of sp³-hybridized carbons (Fsp3) is 0.429. The summed E-state index contributed by atoms with van der Waals surface area (Å²) in [7, 11) is 1.90. The zero-order valence-corrected chi connectivity index (χ0v) is 18.0. The number of carbonyl (C=O) groups excluding carboxylic acids is 2. The number of aromatic nitrogens is 2. The van der Waals surface area contributed by atoms with Crippen LogP contribution in [0.4, 0.5) is 11.5 Å². The number of benzene rings is 1. The summed E-state index contributed by atoms with van der Waals surface area (Å²) in [5.41, 5.74) is 1.44. The van der Waals surface area contributed by atoms with E-state index in [0.29, 0.717) is 10.7 Å². The number of anilines is 2. The Bertz CT molecular complexity index is 879. The molecule has 1 unspecified atom stereocenters. The van der Waals surface area contributed by atoms with Crippen LogP contribution in [-0.2, 0) is 9.59 Å². The molecule has 2 heterocycles. The SMILES string of the molecule is Cc1c(Cl)cccc1NC(=O)CNC(=O)CN(C)CC1CCCN1c1cccnn1. The number of amides is 2. The molecule has 0 radical (unpaired) electrons. The van der Waals surface area contributed by atoms with Crippen molar-refractivity contribution in [1.82, 2.24) is 20.4 Å². The number of nitrogens with zero attached hydrogens (tertiary/aromatic N) is 4. The van der Waals surface area contributed by atoms with Crippen molar-refractivity contribution < 1.29 is 9.59 Å². The van der Waals surface area contributed by atoms with Gasteiger partial charge >= 0.3 is 0 Å². The molecule has 30 heavy (non-hydrogen) atoms. The molecule has 1 aromatic heterocycles. The van der Waals surface area contributed by atoms with E-state index in [1.54, 1.807) is 24.4 Å². The van der Waals surface area contributed by atoms with Crippen LogP contribution in [-0.4, -0.2) is 66.2 Å². The van der Waals surface area contributed by atoms with Crippen molar-refractivity contribution in [2.75, 3.05) is 43.4 Å². The lowest BCUT2D eigenvalue weighted by atomic mass is 10.2. The number of nitrogens with one attached hydrogen (secondary N) is 2. The van der Waals surface area contributed by atoms with Crippen molar-refractivity contribution in [2.24, 2.45) is 0 Å². The van der Waals surface area contributed by atoms with E-state index in [1.807, 2.05) is 31.0 Å². The second-order valence-electron chi connectivity index (χ2n) is 7.51. The van der Waals surface area contributed by atoms with Crippen LogP contribution in [0.5, 0.6) is 0 Å². The van der Waals surface area contributed by atoms with Crippen LogP contribution in [0.2, 0.25) is 5.02 Å². The second kappa shape index (κ2) is 10.4. The van der Waals surface area contributed by atoms with Gasteiger partial charge in [0.1, 0.15) is 0 Å². The molecule has 0 saturated carbocycles. The van der Waals surface area contributed by atoms with Gasteiger partial charge in [-0.3, -0.25) is 14.5 Å². The Kier molecular flexibility index (Phi) is 7.59. The van der Waals surface area contributed by atoms with Gasteiger partial charge in [-0.25, -0.2) is 0 Å². The fourth-order valence-corrected chi connectivity index (χ4v) is 3.79. The third-order valence-electron chi connectivity index (χ3n) is 5.15. The molecule has 1 atom stereocenters. The van der Waals surface area contributed by atoms with Crippen LogP contribution in [0.1, 0.15) is 18.4 Å². The predicted octanol–water partition coefficient (Wildman–Crippen LogP) is 2.09. The van der Waals surface area contributed by atoms with E-state index in [2.05, 4.69) is 25.7 Å². The highest BCUT2D eigenvalue weighted by atomic mass is 35.5. The molecule has 9 heteroatoms. The van der Waals surface area contributed by atoms with E-state index in [0.717, 1.165) is 37.3 Å². The monoisotopic (exact) mass is 430 g/mol. The maximum absolute atomic E-state index is 12.3. The van der Waals surface area contributed by atoms with Crippen molar-refractivity contribution in [3.8, 4) is 0 Å². The summed E-state index contributed by atoms with van der Waals surface area (Å²) in [6.45, 7) is 3.63. The lowest BCUT2D eigenvalue weighted by molar-refractivity contribution is -0.124. The maximum Gasteiger partial charge on any atom is 0.243 e. The van der Waals surface area contributed by atoms with Crippen LogP contribution in [0.25, 0.3) is 0 Å². The van der Waals surface area contributed by atoms with Crippen LogP contribution < -0.4 is 15.5 Å². The third kappa shape index (κ3) is 5.90. The van der Waals surface area contributed by atoms with Crippen molar-refractivity contribution >= 4 is 34.9 Å². The van der Waals surface area contributed by atoms with Gasteiger partial charge in [-0.1, -0.05) is 17.7 Å². The van der Waals surface area contributed by atoms with Crippen LogP contribution >= 0.6 is 11.6 Å². The van der Waals surface area contributed by atoms with E-state index in [4.69, 9.17) is 11.6 Å². The molecule has 1 aliphatic rings. The summed E-state index contributed by atoms with van der Waals surface area (Å²) in [6, 6.07) is 9.43. The van der Waals surface area contributed by atoms with Gasteiger partial charge < -0.3 is 15.5 Å². The minimum atomic E-state index is -0.291. The molecule has 2 aromatic rings. The van der Waals surface area contributed by atoms with Gasteiger partial charge in [0, 0.05) is 36.0 Å². The number of carbonyl (C=O) groups is 2. The Hall–Kier alpha value is -2.71. The summed E-state index contributed by atoms with van der Waals surface area (Å²) >= 11 is 6.06. The molecule has 1 fully saturated rings. The second-order valence-corrected chi connectivity index (χ2v) is 7.91. The zero-order valence-electron chi connectivity index (χ0n) is 17.3. The number of halogens is 1. The average Bonchev–Trinajstić information content (AvgIpc) is 3.18. The molecule has 8 nitrogen and oxygen atoms in total. The molecular formula is C21H27ClN6O2. The Morgan fingerprint density at radius 2 is 2.10 bits per heavy atom. The van der Waals surface area contributed by atoms with Gasteiger partial charge in [0.25, 0.3) is 0 Å². The van der Waals surface area contributed by atoms with Crippen molar-refractivity contribution in [3.63, 3.8) is 0 Å². The standard InChI is InChI=1S/C21H27ClN6O2/c1-15-17(22)7-3-8-18(15)25-20(29)12-23-21(30)14-27(2)13-16-6-5-11-28(16)19-9-4-10-24-26-19/h3-4,7-10,16H,5-6,11-14H2,1-2H3,(H,23,30)(H,25,29). The van der Waals surface area contributed by atoms with E-state index in [1.165, 1.54) is 0 Å². The van der Waals surface area contributed by atoms with Gasteiger partial charge in [0.2, 0.25) is 11.8 Å². The fourth-order valence-electron chi connectivity index (χ4n) is 3.62. The Balaban J connectivity index is 1.43. The molecule has 0 spiro atoms. The van der Waals surface area contributed by atoms with E-state index >= 15 is 0 Å². The average molecular weight is 431 g/mol. The third-order valence-corrected chi connectivity index (χ3v) is 5.56. The molecule has 160 valence electrons. The van der Waals surface area contributed by atoms with E-state index in [-0.39, 0.29) is 30.9 Å². The highest BCUT2D eigenvalue weighted by molar-refractivity contribution is 6.31.